The van der Waals surface area contributed by atoms with E-state index in [2.05, 4.69) is 24.3 Å². The van der Waals surface area contributed by atoms with Crippen LogP contribution in [0.1, 0.15) is 29.5 Å². The second-order valence-electron chi connectivity index (χ2n) is 7.73. The Morgan fingerprint density at radius 3 is 1.97 bits per heavy atom. The van der Waals surface area contributed by atoms with Gasteiger partial charge in [-0.15, -0.1) is 0 Å². The fourth-order valence-electron chi connectivity index (χ4n) is 4.21. The molecule has 1 atom stereocenters. The summed E-state index contributed by atoms with van der Waals surface area (Å²) in [5.41, 5.74) is 5.72. The summed E-state index contributed by atoms with van der Waals surface area (Å²) < 4.78 is 5.71. The van der Waals surface area contributed by atoms with Gasteiger partial charge >= 0.3 is 6.09 Å². The largest absolute Gasteiger partial charge is 0.448 e. The van der Waals surface area contributed by atoms with Crippen LogP contribution in [-0.4, -0.2) is 36.5 Å². The molecule has 30 heavy (non-hydrogen) atoms. The van der Waals surface area contributed by atoms with Crippen LogP contribution in [0.25, 0.3) is 11.1 Å². The van der Waals surface area contributed by atoms with E-state index in [1.54, 1.807) is 7.05 Å². The molecule has 4 heteroatoms. The summed E-state index contributed by atoms with van der Waals surface area (Å²) in [6.45, 7) is 1.76. The number of carbonyl (C=O) groups excluding carboxylic acids is 2. The Labute approximate surface area is 177 Å². The molecule has 4 nitrogen and oxygen atoms in total. The first-order valence-electron chi connectivity index (χ1n) is 10.2. The smallest absolute Gasteiger partial charge is 0.410 e. The van der Waals surface area contributed by atoms with Crippen LogP contribution in [0.15, 0.2) is 78.9 Å². The molecule has 3 aromatic carbocycles. The molecule has 152 valence electrons. The van der Waals surface area contributed by atoms with Crippen molar-refractivity contribution in [2.24, 2.45) is 0 Å². The topological polar surface area (TPSA) is 46.6 Å². The van der Waals surface area contributed by atoms with Crippen molar-refractivity contribution in [3.05, 3.63) is 95.6 Å². The van der Waals surface area contributed by atoms with E-state index in [1.807, 2.05) is 54.6 Å². The summed E-state index contributed by atoms with van der Waals surface area (Å²) in [6.07, 6.45) is -0.00959. The van der Waals surface area contributed by atoms with Crippen molar-refractivity contribution in [2.45, 2.75) is 25.3 Å². The van der Waals surface area contributed by atoms with Crippen LogP contribution in [0.2, 0.25) is 0 Å². The first kappa shape index (κ1) is 19.9. The number of carbonyl (C=O) groups is 2. The molecule has 0 aliphatic heterocycles. The van der Waals surface area contributed by atoms with Gasteiger partial charge < -0.3 is 9.64 Å². The fraction of sp³-hybridized carbons (Fsp3) is 0.231. The number of likely N-dealkylation sites (N-methyl/N-ethyl adjacent to an activating group) is 1. The van der Waals surface area contributed by atoms with Crippen molar-refractivity contribution < 1.29 is 14.3 Å². The lowest BCUT2D eigenvalue weighted by atomic mass is 9.98. The van der Waals surface area contributed by atoms with E-state index in [9.17, 15) is 9.59 Å². The molecular formula is C26H25NO3. The first-order valence-corrected chi connectivity index (χ1v) is 10.2. The van der Waals surface area contributed by atoms with Crippen LogP contribution in [-0.2, 0) is 16.0 Å². The summed E-state index contributed by atoms with van der Waals surface area (Å²) in [5, 5.41) is 0. The van der Waals surface area contributed by atoms with Gasteiger partial charge in [0.05, 0.1) is 6.04 Å². The van der Waals surface area contributed by atoms with Gasteiger partial charge in [-0.25, -0.2) is 4.79 Å². The number of hydrogen-bond donors (Lipinski definition) is 0. The molecule has 0 aromatic heterocycles. The van der Waals surface area contributed by atoms with Gasteiger partial charge in [0, 0.05) is 19.4 Å². The van der Waals surface area contributed by atoms with E-state index < -0.39 is 12.1 Å². The lowest BCUT2D eigenvalue weighted by Gasteiger charge is -2.26. The maximum atomic E-state index is 12.8. The molecular weight excluding hydrogens is 374 g/mol. The Hall–Kier alpha value is -3.40. The standard InChI is InChI=1S/C26H25NO3/c1-18(28)25(16-19-10-4-3-5-11-19)27(2)26(29)30-17-24-22-14-8-6-12-20(22)21-13-7-9-15-23(21)24/h3-15,24-25H,16-17H2,1-2H3/t25-/m0/s1. The van der Waals surface area contributed by atoms with Crippen molar-refractivity contribution in [3.63, 3.8) is 0 Å². The number of amides is 1. The minimum atomic E-state index is -0.553. The highest BCUT2D eigenvalue weighted by Crippen LogP contribution is 2.44. The van der Waals surface area contributed by atoms with Gasteiger partial charge in [-0.1, -0.05) is 78.9 Å². The molecule has 4 rings (SSSR count). The second-order valence-corrected chi connectivity index (χ2v) is 7.73. The van der Waals surface area contributed by atoms with Gasteiger partial charge in [0.15, 0.2) is 5.78 Å². The highest BCUT2D eigenvalue weighted by Gasteiger charge is 2.31. The van der Waals surface area contributed by atoms with Gasteiger partial charge in [-0.3, -0.25) is 4.79 Å². The SMILES string of the molecule is CC(=O)[C@H](Cc1ccccc1)N(C)C(=O)OCC1c2ccccc2-c2ccccc21. The van der Waals surface area contributed by atoms with Gasteiger partial charge in [-0.05, 0) is 34.7 Å². The first-order chi connectivity index (χ1) is 14.6. The van der Waals surface area contributed by atoms with Crippen molar-refractivity contribution >= 4 is 11.9 Å². The number of ether oxygens (including phenoxy) is 1. The van der Waals surface area contributed by atoms with Gasteiger partial charge in [0.1, 0.15) is 6.61 Å². The minimum absolute atomic E-state index is 0.000323. The molecule has 1 aliphatic rings. The molecule has 1 aliphatic carbocycles. The van der Waals surface area contributed by atoms with E-state index >= 15 is 0 Å². The molecule has 0 spiro atoms. The maximum absolute atomic E-state index is 12.8. The molecule has 0 radical (unpaired) electrons. The zero-order valence-electron chi connectivity index (χ0n) is 17.2. The van der Waals surface area contributed by atoms with Crippen LogP contribution in [0.3, 0.4) is 0 Å². The summed E-state index contributed by atoms with van der Waals surface area (Å²) in [5.74, 6) is -0.0606. The van der Waals surface area contributed by atoms with Crippen LogP contribution in [0.5, 0.6) is 0 Å². The number of benzene rings is 3. The average molecular weight is 399 g/mol. The lowest BCUT2D eigenvalue weighted by Crippen LogP contribution is -2.43. The molecule has 0 heterocycles. The van der Waals surface area contributed by atoms with Crippen molar-refractivity contribution in [1.29, 1.82) is 0 Å². The summed E-state index contributed by atoms with van der Waals surface area (Å²) in [7, 11) is 1.63. The Bertz CT molecular complexity index is 1020. The quantitative estimate of drug-likeness (QED) is 0.582. The minimum Gasteiger partial charge on any atom is -0.448 e. The number of rotatable bonds is 6. The van der Waals surface area contributed by atoms with Crippen molar-refractivity contribution in [1.82, 2.24) is 4.90 Å². The zero-order chi connectivity index (χ0) is 21.1. The van der Waals surface area contributed by atoms with Crippen LogP contribution < -0.4 is 0 Å². The molecule has 3 aromatic rings. The molecule has 0 N–H and O–H groups in total. The fourth-order valence-corrected chi connectivity index (χ4v) is 4.21. The van der Waals surface area contributed by atoms with E-state index in [4.69, 9.17) is 4.74 Å². The molecule has 0 fully saturated rings. The Morgan fingerprint density at radius 1 is 0.867 bits per heavy atom. The van der Waals surface area contributed by atoms with E-state index in [0.29, 0.717) is 6.42 Å². The molecule has 0 saturated heterocycles. The number of Topliss-reactive ketones (excluding diaryl/α,β-unsaturated/α-hetero) is 1. The van der Waals surface area contributed by atoms with Gasteiger partial charge in [0.25, 0.3) is 0 Å². The van der Waals surface area contributed by atoms with Crippen LogP contribution in [0, 0.1) is 0 Å². The third-order valence-electron chi connectivity index (χ3n) is 5.83. The molecule has 1 amide bonds. The van der Waals surface area contributed by atoms with E-state index in [-0.39, 0.29) is 18.3 Å². The summed E-state index contributed by atoms with van der Waals surface area (Å²) in [6, 6.07) is 25.6. The van der Waals surface area contributed by atoms with Crippen LogP contribution >= 0.6 is 0 Å². The van der Waals surface area contributed by atoms with Crippen LogP contribution in [0.4, 0.5) is 4.79 Å². The number of nitrogens with zero attached hydrogens (tertiary/aromatic N) is 1. The Morgan fingerprint density at radius 2 is 1.40 bits per heavy atom. The second kappa shape index (κ2) is 8.54. The van der Waals surface area contributed by atoms with Crippen molar-refractivity contribution in [2.75, 3.05) is 13.7 Å². The highest BCUT2D eigenvalue weighted by molar-refractivity contribution is 5.85. The molecule has 0 bridgehead atoms. The number of hydrogen-bond acceptors (Lipinski definition) is 3. The third-order valence-corrected chi connectivity index (χ3v) is 5.83. The molecule has 0 unspecified atom stereocenters. The van der Waals surface area contributed by atoms with Gasteiger partial charge in [-0.2, -0.15) is 0 Å². The maximum Gasteiger partial charge on any atom is 0.410 e. The zero-order valence-corrected chi connectivity index (χ0v) is 17.2. The van der Waals surface area contributed by atoms with Gasteiger partial charge in [0.2, 0.25) is 0 Å². The summed E-state index contributed by atoms with van der Waals surface area (Å²) in [4.78, 5) is 26.5. The Kier molecular flexibility index (Phi) is 5.66. The highest BCUT2D eigenvalue weighted by atomic mass is 16.6. The average Bonchev–Trinajstić information content (AvgIpc) is 3.09. The van der Waals surface area contributed by atoms with E-state index in [1.165, 1.54) is 34.1 Å². The molecule has 0 saturated carbocycles. The lowest BCUT2D eigenvalue weighted by molar-refractivity contribution is -0.121. The number of fused-ring (bicyclic) bond motifs is 3. The van der Waals surface area contributed by atoms with E-state index in [0.717, 1.165) is 5.56 Å². The monoisotopic (exact) mass is 399 g/mol. The normalized spacial score (nSPS) is 13.3. The third kappa shape index (κ3) is 3.86. The predicted octanol–water partition coefficient (Wildman–Crippen LogP) is 5.07. The predicted molar refractivity (Wildman–Crippen MR) is 117 cm³/mol. The van der Waals surface area contributed by atoms with Crippen molar-refractivity contribution in [3.8, 4) is 11.1 Å². The summed E-state index contributed by atoms with van der Waals surface area (Å²) >= 11 is 0. The Balaban J connectivity index is 1.48. The number of ketones is 1.